The van der Waals surface area contributed by atoms with Gasteiger partial charge in [0.25, 0.3) is 0 Å². The van der Waals surface area contributed by atoms with Crippen molar-refractivity contribution in [2.75, 3.05) is 19.5 Å². The normalized spacial score (nSPS) is 10.3. The van der Waals surface area contributed by atoms with Gasteiger partial charge in [0, 0.05) is 19.1 Å². The lowest BCUT2D eigenvalue weighted by atomic mass is 10.5. The van der Waals surface area contributed by atoms with Crippen molar-refractivity contribution in [2.24, 2.45) is 0 Å². The second kappa shape index (κ2) is 6.37. The van der Waals surface area contributed by atoms with Crippen molar-refractivity contribution in [2.45, 2.75) is 13.8 Å². The van der Waals surface area contributed by atoms with Crippen molar-refractivity contribution in [3.05, 3.63) is 12.0 Å². The molecule has 0 atom stereocenters. The van der Waals surface area contributed by atoms with Crippen molar-refractivity contribution in [1.82, 2.24) is 0 Å². The summed E-state index contributed by atoms with van der Waals surface area (Å²) in [4.78, 5) is 0. The van der Waals surface area contributed by atoms with Crippen LogP contribution in [0.4, 0.5) is 0 Å². The number of methoxy groups -OCH3 is 1. The maximum Gasteiger partial charge on any atom is 0.171 e. The van der Waals surface area contributed by atoms with Crippen LogP contribution in [-0.4, -0.2) is 27.9 Å². The van der Waals surface area contributed by atoms with Crippen LogP contribution in [0.3, 0.4) is 0 Å². The molecule has 68 valence electrons. The van der Waals surface area contributed by atoms with Crippen LogP contribution in [0.25, 0.3) is 0 Å². The predicted molar refractivity (Wildman–Crippen MR) is 47.2 cm³/mol. The Hall–Kier alpha value is -0.350. The van der Waals surface area contributed by atoms with Crippen LogP contribution in [0.1, 0.15) is 13.8 Å². The molecule has 0 unspecified atom stereocenters. The van der Waals surface area contributed by atoms with Crippen LogP contribution in [0, 0.1) is 0 Å². The molecule has 0 rings (SSSR count). The van der Waals surface area contributed by atoms with Crippen LogP contribution in [0.5, 0.6) is 0 Å². The average Bonchev–Trinajstić information content (AvgIpc) is 1.89. The van der Waals surface area contributed by atoms with Gasteiger partial charge in [0.05, 0.1) is 5.75 Å². The van der Waals surface area contributed by atoms with Crippen molar-refractivity contribution in [3.8, 4) is 0 Å². The van der Waals surface area contributed by atoms with Gasteiger partial charge in [0.1, 0.15) is 0 Å². The Balaban J connectivity index is 0. The van der Waals surface area contributed by atoms with Gasteiger partial charge in [-0.3, -0.25) is 0 Å². The molecule has 0 saturated heterocycles. The third-order valence-corrected chi connectivity index (χ3v) is 2.40. The molecule has 0 aliphatic heterocycles. The first-order chi connectivity index (χ1) is 4.62. The molecule has 0 aromatic carbocycles. The Kier molecular flexibility index (Phi) is 7.67. The Labute approximate surface area is 69.0 Å². The quantitative estimate of drug-likeness (QED) is 0.597. The molecule has 0 aliphatic carbocycles. The van der Waals surface area contributed by atoms with Crippen LogP contribution < -0.4 is 0 Å². The lowest BCUT2D eigenvalue weighted by molar-refractivity contribution is 0.199. The van der Waals surface area contributed by atoms with Gasteiger partial charge in [0.15, 0.2) is 9.84 Å². The first kappa shape index (κ1) is 13.3. The first-order valence-corrected chi connectivity index (χ1v) is 4.68. The molecular weight excluding hydrogens is 164 g/mol. The summed E-state index contributed by atoms with van der Waals surface area (Å²) in [5, 5.41) is 0.975. The average molecular weight is 180 g/mol. The van der Waals surface area contributed by atoms with Gasteiger partial charge >= 0.3 is 0 Å². The molecular formula is C7H16O3S. The second-order valence-electron chi connectivity index (χ2n) is 1.88. The number of rotatable bonds is 5. The molecule has 0 bridgehead atoms. The van der Waals surface area contributed by atoms with Crippen molar-refractivity contribution in [1.29, 1.82) is 0 Å². The molecule has 0 aliphatic rings. The van der Waals surface area contributed by atoms with E-state index in [0.29, 0.717) is 13.0 Å². The van der Waals surface area contributed by atoms with E-state index in [1.165, 1.54) is 0 Å². The third kappa shape index (κ3) is 7.55. The van der Waals surface area contributed by atoms with E-state index in [0.717, 1.165) is 5.41 Å². The lowest BCUT2D eigenvalue weighted by Crippen LogP contribution is -2.04. The predicted octanol–water partition coefficient (Wildman–Crippen LogP) is 1.22. The topological polar surface area (TPSA) is 43.4 Å². The summed E-state index contributed by atoms with van der Waals surface area (Å²) >= 11 is 0. The van der Waals surface area contributed by atoms with Crippen LogP contribution >= 0.6 is 0 Å². The Morgan fingerprint density at radius 1 is 1.55 bits per heavy atom. The molecule has 0 aromatic heterocycles. The van der Waals surface area contributed by atoms with E-state index in [1.54, 1.807) is 7.11 Å². The van der Waals surface area contributed by atoms with E-state index in [2.05, 4.69) is 11.3 Å². The number of ether oxygens (including phenoxy) is 1. The van der Waals surface area contributed by atoms with Crippen LogP contribution in [0.2, 0.25) is 0 Å². The fourth-order valence-corrected chi connectivity index (χ4v) is 1.17. The molecule has 0 heterocycles. The van der Waals surface area contributed by atoms with Crippen LogP contribution in [-0.2, 0) is 14.6 Å². The minimum Gasteiger partial charge on any atom is -0.385 e. The first-order valence-electron chi connectivity index (χ1n) is 2.96. The highest BCUT2D eigenvalue weighted by Crippen LogP contribution is 1.93. The largest absolute Gasteiger partial charge is 0.385 e. The number of hydrogen-bond acceptors (Lipinski definition) is 3. The Morgan fingerprint density at radius 3 is 2.45 bits per heavy atom. The van der Waals surface area contributed by atoms with Gasteiger partial charge in [0.2, 0.25) is 0 Å². The van der Waals surface area contributed by atoms with Crippen LogP contribution in [0.15, 0.2) is 12.0 Å². The maximum absolute atomic E-state index is 10.7. The SMILES string of the molecule is C.C=CS(=O)(=O)CCCOC. The van der Waals surface area contributed by atoms with E-state index >= 15 is 0 Å². The van der Waals surface area contributed by atoms with Crippen molar-refractivity contribution in [3.63, 3.8) is 0 Å². The van der Waals surface area contributed by atoms with E-state index < -0.39 is 9.84 Å². The summed E-state index contributed by atoms with van der Waals surface area (Å²) in [7, 11) is -1.47. The van der Waals surface area contributed by atoms with Gasteiger partial charge in [-0.05, 0) is 6.42 Å². The standard InChI is InChI=1S/C6H12O3S.CH4/c1-3-10(7,8)6-4-5-9-2;/h3H,1,4-6H2,2H3;1H4. The third-order valence-electron chi connectivity index (χ3n) is 1.03. The summed E-state index contributed by atoms with van der Waals surface area (Å²) in [5.41, 5.74) is 0. The highest BCUT2D eigenvalue weighted by atomic mass is 32.2. The number of sulfone groups is 1. The molecule has 0 N–H and O–H groups in total. The summed E-state index contributed by atoms with van der Waals surface area (Å²) in [6.45, 7) is 3.66. The summed E-state index contributed by atoms with van der Waals surface area (Å²) in [6, 6.07) is 0. The van der Waals surface area contributed by atoms with Gasteiger partial charge in [-0.15, -0.1) is 0 Å². The van der Waals surface area contributed by atoms with Crippen molar-refractivity contribution < 1.29 is 13.2 Å². The monoisotopic (exact) mass is 180 g/mol. The minimum atomic E-state index is -3.01. The van der Waals surface area contributed by atoms with Gasteiger partial charge in [-0.25, -0.2) is 8.42 Å². The molecule has 0 aromatic rings. The molecule has 0 radical (unpaired) electrons. The highest BCUT2D eigenvalue weighted by molar-refractivity contribution is 7.94. The number of hydrogen-bond donors (Lipinski definition) is 0. The zero-order chi connectivity index (χ0) is 8.04. The summed E-state index contributed by atoms with van der Waals surface area (Å²) in [5.74, 6) is 0.129. The lowest BCUT2D eigenvalue weighted by Gasteiger charge is -1.96. The zero-order valence-corrected chi connectivity index (χ0v) is 6.86. The molecule has 3 nitrogen and oxygen atoms in total. The smallest absolute Gasteiger partial charge is 0.171 e. The second-order valence-corrected chi connectivity index (χ2v) is 3.95. The molecule has 0 amide bonds. The fraction of sp³-hybridized carbons (Fsp3) is 0.714. The summed E-state index contributed by atoms with van der Waals surface area (Å²) < 4.78 is 26.1. The van der Waals surface area contributed by atoms with Gasteiger partial charge in [-0.1, -0.05) is 14.0 Å². The zero-order valence-electron chi connectivity index (χ0n) is 6.04. The van der Waals surface area contributed by atoms with E-state index in [1.807, 2.05) is 0 Å². The minimum absolute atomic E-state index is 0. The fourth-order valence-electron chi connectivity index (χ4n) is 0.488. The Morgan fingerprint density at radius 2 is 2.09 bits per heavy atom. The maximum atomic E-state index is 10.7. The highest BCUT2D eigenvalue weighted by Gasteiger charge is 2.02. The summed E-state index contributed by atoms with van der Waals surface area (Å²) in [6.07, 6.45) is 0.533. The van der Waals surface area contributed by atoms with Gasteiger partial charge < -0.3 is 4.74 Å². The molecule has 11 heavy (non-hydrogen) atoms. The molecule has 0 spiro atoms. The van der Waals surface area contributed by atoms with E-state index in [9.17, 15) is 8.42 Å². The van der Waals surface area contributed by atoms with Crippen molar-refractivity contribution >= 4 is 9.84 Å². The molecule has 0 saturated carbocycles. The van der Waals surface area contributed by atoms with E-state index in [-0.39, 0.29) is 13.2 Å². The molecule has 0 fully saturated rings. The van der Waals surface area contributed by atoms with E-state index in [4.69, 9.17) is 0 Å². The van der Waals surface area contributed by atoms with Gasteiger partial charge in [-0.2, -0.15) is 0 Å². The molecule has 4 heteroatoms. The Bertz CT molecular complexity index is 182.